The van der Waals surface area contributed by atoms with Crippen molar-refractivity contribution in [2.75, 3.05) is 5.32 Å². The van der Waals surface area contributed by atoms with Crippen molar-refractivity contribution in [2.24, 2.45) is 5.73 Å². The van der Waals surface area contributed by atoms with Gasteiger partial charge in [0.15, 0.2) is 5.69 Å². The smallest absolute Gasteiger partial charge is 0.366 e. The molecule has 2 amide bonds. The lowest BCUT2D eigenvalue weighted by Crippen LogP contribution is -2.20. The van der Waals surface area contributed by atoms with Crippen LogP contribution < -0.4 is 11.1 Å². The van der Waals surface area contributed by atoms with Crippen molar-refractivity contribution in [3.63, 3.8) is 0 Å². The molecular weight excluding hydrogens is 397 g/mol. The zero-order valence-corrected chi connectivity index (χ0v) is 14.8. The Kier molecular flexibility index (Phi) is 5.10. The fourth-order valence-corrected chi connectivity index (χ4v) is 2.69. The maximum absolute atomic E-state index is 13.6. The van der Waals surface area contributed by atoms with E-state index in [-0.39, 0.29) is 22.0 Å². The summed E-state index contributed by atoms with van der Waals surface area (Å²) in [7, 11) is 0. The van der Waals surface area contributed by atoms with Crippen molar-refractivity contribution < 1.29 is 22.8 Å². The second-order valence-electron chi connectivity index (χ2n) is 5.69. The number of halogens is 4. The summed E-state index contributed by atoms with van der Waals surface area (Å²) in [5.74, 6) is -1.67. The van der Waals surface area contributed by atoms with Crippen molar-refractivity contribution in [3.8, 4) is 5.69 Å². The van der Waals surface area contributed by atoms with Crippen LogP contribution in [0.5, 0.6) is 0 Å². The van der Waals surface area contributed by atoms with E-state index < -0.39 is 29.2 Å². The van der Waals surface area contributed by atoms with Gasteiger partial charge in [-0.25, -0.2) is 4.68 Å². The monoisotopic (exact) mass is 408 g/mol. The molecule has 0 spiro atoms. The Balaban J connectivity index is 1.97. The first kappa shape index (κ1) is 19.4. The highest BCUT2D eigenvalue weighted by atomic mass is 35.5. The normalized spacial score (nSPS) is 11.3. The van der Waals surface area contributed by atoms with Crippen molar-refractivity contribution in [3.05, 3.63) is 76.6 Å². The lowest BCUT2D eigenvalue weighted by atomic mass is 10.1. The van der Waals surface area contributed by atoms with E-state index in [4.69, 9.17) is 17.3 Å². The summed E-state index contributed by atoms with van der Waals surface area (Å²) in [6.45, 7) is 0. The van der Waals surface area contributed by atoms with Crippen LogP contribution in [0.25, 0.3) is 5.69 Å². The predicted molar refractivity (Wildman–Crippen MR) is 96.5 cm³/mol. The highest BCUT2D eigenvalue weighted by molar-refractivity contribution is 6.30. The molecule has 3 aromatic rings. The van der Waals surface area contributed by atoms with E-state index >= 15 is 0 Å². The van der Waals surface area contributed by atoms with Crippen molar-refractivity contribution >= 4 is 29.1 Å². The molecule has 0 saturated heterocycles. The highest BCUT2D eigenvalue weighted by Crippen LogP contribution is 2.34. The Morgan fingerprint density at radius 1 is 1.11 bits per heavy atom. The van der Waals surface area contributed by atoms with Crippen LogP contribution in [0.4, 0.5) is 18.9 Å². The number of hydrogen-bond acceptors (Lipinski definition) is 3. The number of aromatic nitrogens is 2. The van der Waals surface area contributed by atoms with Crippen molar-refractivity contribution in [1.29, 1.82) is 0 Å². The number of primary amides is 1. The number of anilines is 1. The third-order valence-corrected chi connectivity index (χ3v) is 4.00. The van der Waals surface area contributed by atoms with E-state index in [1.807, 2.05) is 0 Å². The number of nitrogens with two attached hydrogens (primary N) is 1. The lowest BCUT2D eigenvalue weighted by Gasteiger charge is -2.13. The number of carbonyl (C=O) groups excluding carboxylic acids is 2. The topological polar surface area (TPSA) is 90.0 Å². The first-order chi connectivity index (χ1) is 13.2. The molecule has 0 radical (unpaired) electrons. The highest BCUT2D eigenvalue weighted by Gasteiger charge is 2.40. The molecule has 0 saturated carbocycles. The maximum Gasteiger partial charge on any atom is 0.434 e. The minimum Gasteiger partial charge on any atom is -0.366 e. The molecule has 2 aromatic carbocycles. The Labute approximate surface area is 161 Å². The minimum atomic E-state index is -4.85. The second-order valence-corrected chi connectivity index (χ2v) is 6.13. The number of nitrogens with one attached hydrogen (secondary N) is 1. The summed E-state index contributed by atoms with van der Waals surface area (Å²) in [6, 6.07) is 11.1. The van der Waals surface area contributed by atoms with Crippen LogP contribution >= 0.6 is 11.6 Å². The Morgan fingerprint density at radius 2 is 1.79 bits per heavy atom. The van der Waals surface area contributed by atoms with Crippen LogP contribution in [0.3, 0.4) is 0 Å². The van der Waals surface area contributed by atoms with Crippen LogP contribution in [-0.2, 0) is 6.18 Å². The zero-order valence-electron chi connectivity index (χ0n) is 14.0. The van der Waals surface area contributed by atoms with Crippen molar-refractivity contribution in [1.82, 2.24) is 9.78 Å². The van der Waals surface area contributed by atoms with Gasteiger partial charge in [-0.3, -0.25) is 9.59 Å². The molecule has 0 fully saturated rings. The average Bonchev–Trinajstić information content (AvgIpc) is 3.08. The van der Waals surface area contributed by atoms with Gasteiger partial charge in [0, 0.05) is 16.3 Å². The summed E-state index contributed by atoms with van der Waals surface area (Å²) < 4.78 is 41.5. The summed E-state index contributed by atoms with van der Waals surface area (Å²) >= 11 is 5.84. The van der Waals surface area contributed by atoms with E-state index in [2.05, 4.69) is 10.4 Å². The van der Waals surface area contributed by atoms with Crippen LogP contribution in [-0.4, -0.2) is 21.6 Å². The average molecular weight is 409 g/mol. The third-order valence-electron chi connectivity index (χ3n) is 3.76. The molecule has 0 aliphatic carbocycles. The van der Waals surface area contributed by atoms with Gasteiger partial charge in [0.2, 0.25) is 5.91 Å². The Morgan fingerprint density at radius 3 is 2.36 bits per heavy atom. The third kappa shape index (κ3) is 3.99. The molecule has 10 heteroatoms. The second kappa shape index (κ2) is 7.35. The Bertz CT molecular complexity index is 1050. The van der Waals surface area contributed by atoms with Gasteiger partial charge in [-0.1, -0.05) is 17.7 Å². The zero-order chi connectivity index (χ0) is 20.5. The van der Waals surface area contributed by atoms with Gasteiger partial charge in [0.05, 0.1) is 17.4 Å². The fraction of sp³-hybridized carbons (Fsp3) is 0.0556. The molecule has 0 bridgehead atoms. The number of rotatable bonds is 4. The molecule has 28 heavy (non-hydrogen) atoms. The number of carbonyl (C=O) groups is 2. The molecule has 0 atom stereocenters. The molecule has 144 valence electrons. The molecule has 1 heterocycles. The number of hydrogen-bond donors (Lipinski definition) is 2. The number of benzene rings is 2. The van der Waals surface area contributed by atoms with E-state index in [9.17, 15) is 22.8 Å². The van der Waals surface area contributed by atoms with Gasteiger partial charge in [-0.15, -0.1) is 0 Å². The molecule has 6 nitrogen and oxygen atoms in total. The fourth-order valence-electron chi connectivity index (χ4n) is 2.51. The first-order valence-electron chi connectivity index (χ1n) is 7.79. The number of alkyl halides is 3. The molecule has 1 aromatic heterocycles. The van der Waals surface area contributed by atoms with Crippen molar-refractivity contribution in [2.45, 2.75) is 6.18 Å². The minimum absolute atomic E-state index is 0.0599. The summed E-state index contributed by atoms with van der Waals surface area (Å²) in [5.41, 5.74) is 3.68. The first-order valence-corrected chi connectivity index (χ1v) is 8.17. The molecule has 3 N–H and O–H groups in total. The van der Waals surface area contributed by atoms with Gasteiger partial charge in [-0.2, -0.15) is 18.3 Å². The van der Waals surface area contributed by atoms with Crippen LogP contribution in [0.2, 0.25) is 5.02 Å². The van der Waals surface area contributed by atoms with Gasteiger partial charge in [0.25, 0.3) is 5.91 Å². The van der Waals surface area contributed by atoms with E-state index in [0.717, 1.165) is 6.20 Å². The van der Waals surface area contributed by atoms with E-state index in [1.165, 1.54) is 48.5 Å². The van der Waals surface area contributed by atoms with Crippen LogP contribution in [0.1, 0.15) is 26.4 Å². The predicted octanol–water partition coefficient (Wildman–Crippen LogP) is 3.90. The Hall–Kier alpha value is -3.33. The van der Waals surface area contributed by atoms with Crippen LogP contribution in [0.15, 0.2) is 54.7 Å². The summed E-state index contributed by atoms with van der Waals surface area (Å²) in [5, 5.41) is 6.28. The SMILES string of the molecule is NC(=O)c1ccc(NC(=O)c2cnn(-c3cccc(Cl)c3)c2C(F)(F)F)cc1. The maximum atomic E-state index is 13.6. The van der Waals surface area contributed by atoms with Gasteiger partial charge in [0.1, 0.15) is 0 Å². The van der Waals surface area contributed by atoms with E-state index in [0.29, 0.717) is 4.68 Å². The molecule has 3 rings (SSSR count). The number of nitrogens with zero attached hydrogens (tertiary/aromatic N) is 2. The quantitative estimate of drug-likeness (QED) is 0.686. The lowest BCUT2D eigenvalue weighted by molar-refractivity contribution is -0.143. The molecular formula is C18H12ClF3N4O2. The standard InChI is InChI=1S/C18H12ClF3N4O2/c19-11-2-1-3-13(8-11)26-15(18(20,21)22)14(9-24-26)17(28)25-12-6-4-10(5-7-12)16(23)27/h1-9H,(H2,23,27)(H,25,28). The largest absolute Gasteiger partial charge is 0.434 e. The summed E-state index contributed by atoms with van der Waals surface area (Å²) in [4.78, 5) is 23.5. The van der Waals surface area contributed by atoms with Crippen LogP contribution in [0, 0.1) is 0 Å². The van der Waals surface area contributed by atoms with Gasteiger partial charge < -0.3 is 11.1 Å². The molecule has 0 aliphatic rings. The van der Waals surface area contributed by atoms with E-state index in [1.54, 1.807) is 0 Å². The summed E-state index contributed by atoms with van der Waals surface area (Å²) in [6.07, 6.45) is -4.02. The number of amides is 2. The van der Waals surface area contributed by atoms with Gasteiger partial charge >= 0.3 is 6.18 Å². The van der Waals surface area contributed by atoms with Gasteiger partial charge in [-0.05, 0) is 42.5 Å². The molecule has 0 unspecified atom stereocenters. The molecule has 0 aliphatic heterocycles.